The molecule has 11 nitrogen and oxygen atoms in total. The van der Waals surface area contributed by atoms with Crippen molar-refractivity contribution in [2.75, 3.05) is 27.4 Å². The van der Waals surface area contributed by atoms with Crippen LogP contribution in [-0.2, 0) is 24.1 Å². The van der Waals surface area contributed by atoms with Crippen molar-refractivity contribution in [3.63, 3.8) is 0 Å². The molecule has 2 heterocycles. The fraction of sp³-hybridized carbons (Fsp3) is 0.463. The molecular formula is C41H54N3O8P. The first-order valence-electron chi connectivity index (χ1n) is 18.4. The summed E-state index contributed by atoms with van der Waals surface area (Å²) in [7, 11) is 1.77. The average molecular weight is 748 g/mol. The van der Waals surface area contributed by atoms with E-state index in [0.29, 0.717) is 18.6 Å². The fourth-order valence-corrected chi connectivity index (χ4v) is 8.54. The molecule has 4 aromatic rings. The molecule has 0 aliphatic carbocycles. The first kappa shape index (κ1) is 40.4. The molecule has 5 rings (SSSR count). The summed E-state index contributed by atoms with van der Waals surface area (Å²) in [6.45, 7) is 13.0. The van der Waals surface area contributed by atoms with Crippen LogP contribution in [0, 0.1) is 6.92 Å². The van der Waals surface area contributed by atoms with Crippen LogP contribution in [-0.4, -0.2) is 65.9 Å². The van der Waals surface area contributed by atoms with Gasteiger partial charge < -0.3 is 28.0 Å². The van der Waals surface area contributed by atoms with Gasteiger partial charge >= 0.3 is 5.69 Å². The largest absolute Gasteiger partial charge is 0.497 e. The van der Waals surface area contributed by atoms with Crippen LogP contribution < -0.4 is 20.7 Å². The summed E-state index contributed by atoms with van der Waals surface area (Å²) in [5, 5.41) is 0. The standard InChI is InChI=1S/C41H54N3O8P/c1-9-10-24-50-53(44(28(2)3)29(4)5)52-36-25-38(43-26-30(6)39(45)42-40(43)46)51-37(36)27-49-41(31-14-12-11-13-15-31,32-16-20-34(47-7)21-17-32)33-18-22-35(48-8)23-19-33/h11-23,26,28-29,36-38H,9-10,24-25,27H2,1-8H3,(H,42,45,46). The third kappa shape index (κ3) is 9.28. The third-order valence-electron chi connectivity index (χ3n) is 9.45. The Bertz CT molecular complexity index is 1790. The van der Waals surface area contributed by atoms with Gasteiger partial charge in [-0.05, 0) is 82.0 Å². The summed E-state index contributed by atoms with van der Waals surface area (Å²) in [6, 6.07) is 26.1. The summed E-state index contributed by atoms with van der Waals surface area (Å²) < 4.78 is 42.2. The minimum absolute atomic E-state index is 0.0900. The monoisotopic (exact) mass is 747 g/mol. The van der Waals surface area contributed by atoms with Crippen LogP contribution in [0.2, 0.25) is 0 Å². The van der Waals surface area contributed by atoms with Gasteiger partial charge in [-0.25, -0.2) is 9.46 Å². The molecule has 4 unspecified atom stereocenters. The second-order valence-electron chi connectivity index (χ2n) is 13.8. The maximum Gasteiger partial charge on any atom is 0.330 e. The van der Waals surface area contributed by atoms with E-state index in [0.717, 1.165) is 41.0 Å². The van der Waals surface area contributed by atoms with E-state index in [1.807, 2.05) is 78.9 Å². The summed E-state index contributed by atoms with van der Waals surface area (Å²) >= 11 is 0. The average Bonchev–Trinajstić information content (AvgIpc) is 3.56. The van der Waals surface area contributed by atoms with Crippen molar-refractivity contribution in [2.24, 2.45) is 0 Å². The van der Waals surface area contributed by atoms with E-state index in [4.69, 9.17) is 28.0 Å². The summed E-state index contributed by atoms with van der Waals surface area (Å²) in [5.41, 5.74) is 1.00. The number of H-pyrrole nitrogens is 1. The molecule has 1 aliphatic heterocycles. The molecule has 0 spiro atoms. The highest BCUT2D eigenvalue weighted by Gasteiger charge is 2.45. The highest BCUT2D eigenvalue weighted by molar-refractivity contribution is 7.44. The van der Waals surface area contributed by atoms with Crippen LogP contribution in [0.25, 0.3) is 0 Å². The lowest BCUT2D eigenvalue weighted by molar-refractivity contribution is -0.0926. The number of hydrogen-bond acceptors (Lipinski definition) is 9. The Kier molecular flexibility index (Phi) is 14.1. The number of aromatic nitrogens is 2. The van der Waals surface area contributed by atoms with Crippen molar-refractivity contribution in [2.45, 2.75) is 96.9 Å². The Morgan fingerprint density at radius 1 is 0.887 bits per heavy atom. The van der Waals surface area contributed by atoms with Crippen LogP contribution in [0.1, 0.15) is 82.4 Å². The van der Waals surface area contributed by atoms with Crippen LogP contribution in [0.5, 0.6) is 11.5 Å². The Balaban J connectivity index is 1.60. The van der Waals surface area contributed by atoms with Crippen LogP contribution in [0.4, 0.5) is 0 Å². The molecule has 12 heteroatoms. The fourth-order valence-electron chi connectivity index (χ4n) is 6.74. The molecular weight excluding hydrogens is 693 g/mol. The summed E-state index contributed by atoms with van der Waals surface area (Å²) in [5.74, 6) is 1.44. The predicted octanol–water partition coefficient (Wildman–Crippen LogP) is 7.71. The van der Waals surface area contributed by atoms with E-state index < -0.39 is 43.8 Å². The summed E-state index contributed by atoms with van der Waals surface area (Å²) in [6.07, 6.45) is 1.91. The van der Waals surface area contributed by atoms with Gasteiger partial charge in [0.2, 0.25) is 0 Å². The van der Waals surface area contributed by atoms with E-state index in [1.165, 1.54) is 4.57 Å². The molecule has 3 aromatic carbocycles. The van der Waals surface area contributed by atoms with Crippen LogP contribution >= 0.6 is 8.53 Å². The molecule has 1 N–H and O–H groups in total. The van der Waals surface area contributed by atoms with E-state index in [9.17, 15) is 9.59 Å². The lowest BCUT2D eigenvalue weighted by Crippen LogP contribution is -2.39. The van der Waals surface area contributed by atoms with Gasteiger partial charge in [0.15, 0.2) is 0 Å². The van der Waals surface area contributed by atoms with E-state index in [2.05, 4.69) is 44.3 Å². The number of benzene rings is 3. The lowest BCUT2D eigenvalue weighted by atomic mass is 9.80. The number of aromatic amines is 1. The molecule has 1 aromatic heterocycles. The zero-order valence-corrected chi connectivity index (χ0v) is 33.0. The van der Waals surface area contributed by atoms with Gasteiger partial charge in [-0.2, -0.15) is 0 Å². The zero-order chi connectivity index (χ0) is 38.1. The van der Waals surface area contributed by atoms with Gasteiger partial charge in [0.25, 0.3) is 14.1 Å². The third-order valence-corrected chi connectivity index (χ3v) is 11.6. The number of hydrogen-bond donors (Lipinski definition) is 1. The van der Waals surface area contributed by atoms with Crippen molar-refractivity contribution in [1.82, 2.24) is 14.2 Å². The minimum Gasteiger partial charge on any atom is -0.497 e. The maximum absolute atomic E-state index is 13.2. The molecule has 4 atom stereocenters. The van der Waals surface area contributed by atoms with Crippen molar-refractivity contribution in [1.29, 1.82) is 0 Å². The smallest absolute Gasteiger partial charge is 0.330 e. The second-order valence-corrected chi connectivity index (χ2v) is 15.2. The van der Waals surface area contributed by atoms with Gasteiger partial charge in [-0.1, -0.05) is 67.9 Å². The van der Waals surface area contributed by atoms with Crippen molar-refractivity contribution in [3.8, 4) is 11.5 Å². The number of rotatable bonds is 18. The molecule has 1 aliphatic rings. The Labute approximate surface area is 314 Å². The number of nitrogens with one attached hydrogen (secondary N) is 1. The first-order chi connectivity index (χ1) is 25.5. The van der Waals surface area contributed by atoms with Crippen molar-refractivity contribution >= 4 is 8.53 Å². The number of ether oxygens (including phenoxy) is 4. The number of nitrogens with zero attached hydrogens (tertiary/aromatic N) is 2. The van der Waals surface area contributed by atoms with Gasteiger partial charge in [-0.15, -0.1) is 0 Å². The predicted molar refractivity (Wildman–Crippen MR) is 208 cm³/mol. The molecule has 0 saturated carbocycles. The van der Waals surface area contributed by atoms with Gasteiger partial charge in [0.05, 0.1) is 33.5 Å². The van der Waals surface area contributed by atoms with E-state index >= 15 is 0 Å². The van der Waals surface area contributed by atoms with Crippen LogP contribution in [0.3, 0.4) is 0 Å². The second kappa shape index (κ2) is 18.5. The van der Waals surface area contributed by atoms with Gasteiger partial charge in [-0.3, -0.25) is 14.3 Å². The Morgan fingerprint density at radius 2 is 1.45 bits per heavy atom. The zero-order valence-electron chi connectivity index (χ0n) is 32.1. The van der Waals surface area contributed by atoms with Crippen molar-refractivity contribution in [3.05, 3.63) is 128 Å². The Hall–Kier alpha value is -3.83. The quantitative estimate of drug-likeness (QED) is 0.0622. The lowest BCUT2D eigenvalue weighted by Gasteiger charge is -2.39. The SMILES string of the molecule is CCCCOP(OC1CC(n2cc(C)c(=O)[nH]c2=O)OC1COC(c1ccccc1)(c1ccc(OC)cc1)c1ccc(OC)cc1)N(C(C)C)C(C)C. The number of aryl methyl sites for hydroxylation is 1. The topological polar surface area (TPSA) is 113 Å². The maximum atomic E-state index is 13.2. The molecule has 0 bridgehead atoms. The van der Waals surface area contributed by atoms with Crippen molar-refractivity contribution < 1.29 is 28.0 Å². The van der Waals surface area contributed by atoms with Gasteiger partial charge in [0, 0.05) is 30.3 Å². The molecule has 1 saturated heterocycles. The highest BCUT2D eigenvalue weighted by Crippen LogP contribution is 2.50. The molecule has 53 heavy (non-hydrogen) atoms. The highest BCUT2D eigenvalue weighted by atomic mass is 31.2. The molecule has 0 amide bonds. The Morgan fingerprint density at radius 3 is 1.98 bits per heavy atom. The minimum atomic E-state index is -1.52. The molecule has 0 radical (unpaired) electrons. The number of unbranched alkanes of at least 4 members (excludes halogenated alkanes) is 1. The summed E-state index contributed by atoms with van der Waals surface area (Å²) in [4.78, 5) is 27.9. The first-order valence-corrected chi connectivity index (χ1v) is 19.5. The molecule has 1 fully saturated rings. The number of methoxy groups -OCH3 is 2. The van der Waals surface area contributed by atoms with Crippen LogP contribution in [0.15, 0.2) is 94.6 Å². The van der Waals surface area contributed by atoms with Gasteiger partial charge in [0.1, 0.15) is 29.4 Å². The van der Waals surface area contributed by atoms with E-state index in [-0.39, 0.29) is 18.7 Å². The molecule has 286 valence electrons. The van der Waals surface area contributed by atoms with E-state index in [1.54, 1.807) is 27.3 Å². The normalized spacial score (nSPS) is 18.2.